The Morgan fingerprint density at radius 2 is 1.61 bits per heavy atom. The average molecular weight is 320 g/mol. The van der Waals surface area contributed by atoms with Crippen molar-refractivity contribution in [2.75, 3.05) is 26.2 Å². The van der Waals surface area contributed by atoms with Gasteiger partial charge in [-0.25, -0.2) is 4.39 Å². The summed E-state index contributed by atoms with van der Waals surface area (Å²) in [6, 6.07) is 6.57. The van der Waals surface area contributed by atoms with Crippen LogP contribution in [0.4, 0.5) is 4.39 Å². The lowest BCUT2D eigenvalue weighted by molar-refractivity contribution is -0.133. The Morgan fingerprint density at radius 3 is 2.22 bits per heavy atom. The van der Waals surface area contributed by atoms with Gasteiger partial charge in [-0.1, -0.05) is 25.1 Å². The molecule has 1 fully saturated rings. The first-order valence-corrected chi connectivity index (χ1v) is 8.40. The van der Waals surface area contributed by atoms with Crippen molar-refractivity contribution in [1.29, 1.82) is 0 Å². The number of benzene rings is 1. The lowest BCUT2D eigenvalue weighted by atomic mass is 10.1. The van der Waals surface area contributed by atoms with Gasteiger partial charge in [0.15, 0.2) is 0 Å². The van der Waals surface area contributed by atoms with Gasteiger partial charge in [0.25, 0.3) is 0 Å². The minimum atomic E-state index is -0.257. The van der Waals surface area contributed by atoms with Crippen LogP contribution in [-0.2, 0) is 16.0 Å². The van der Waals surface area contributed by atoms with Crippen LogP contribution in [0.5, 0.6) is 0 Å². The number of hydrogen-bond acceptors (Lipinski definition) is 2. The molecule has 23 heavy (non-hydrogen) atoms. The van der Waals surface area contributed by atoms with E-state index in [4.69, 9.17) is 0 Å². The Labute approximate surface area is 137 Å². The molecule has 1 aliphatic heterocycles. The van der Waals surface area contributed by atoms with Crippen molar-refractivity contribution in [2.45, 2.75) is 39.0 Å². The quantitative estimate of drug-likeness (QED) is 0.837. The number of halogens is 1. The molecular weight excluding hydrogens is 295 g/mol. The maximum Gasteiger partial charge on any atom is 0.222 e. The Hall–Kier alpha value is -1.91. The van der Waals surface area contributed by atoms with E-state index in [9.17, 15) is 14.0 Å². The maximum absolute atomic E-state index is 13.6. The molecule has 0 unspecified atom stereocenters. The second-order valence-corrected chi connectivity index (χ2v) is 5.96. The Bertz CT molecular complexity index is 548. The molecule has 0 saturated carbocycles. The van der Waals surface area contributed by atoms with Crippen molar-refractivity contribution < 1.29 is 14.0 Å². The molecule has 2 rings (SSSR count). The van der Waals surface area contributed by atoms with Crippen LogP contribution in [0.15, 0.2) is 24.3 Å². The summed E-state index contributed by atoms with van der Waals surface area (Å²) in [6.45, 7) is 4.56. The number of amides is 2. The van der Waals surface area contributed by atoms with Gasteiger partial charge in [0.1, 0.15) is 5.82 Å². The van der Waals surface area contributed by atoms with Crippen molar-refractivity contribution in [3.05, 3.63) is 35.6 Å². The van der Waals surface area contributed by atoms with Crippen LogP contribution in [0.3, 0.4) is 0 Å². The predicted octanol–water partition coefficient (Wildman–Crippen LogP) is 2.62. The smallest absolute Gasteiger partial charge is 0.222 e. The zero-order chi connectivity index (χ0) is 16.7. The van der Waals surface area contributed by atoms with E-state index >= 15 is 0 Å². The summed E-state index contributed by atoms with van der Waals surface area (Å²) in [5.41, 5.74) is 0.579. The van der Waals surface area contributed by atoms with Gasteiger partial charge in [0.05, 0.1) is 0 Å². The fraction of sp³-hybridized carbons (Fsp3) is 0.556. The number of carbonyl (C=O) groups excluding carboxylic acids is 2. The van der Waals surface area contributed by atoms with Crippen LogP contribution in [0, 0.1) is 5.82 Å². The maximum atomic E-state index is 13.6. The van der Waals surface area contributed by atoms with Gasteiger partial charge in [0, 0.05) is 39.0 Å². The molecule has 1 heterocycles. The van der Waals surface area contributed by atoms with Gasteiger partial charge < -0.3 is 9.80 Å². The second-order valence-electron chi connectivity index (χ2n) is 5.96. The van der Waals surface area contributed by atoms with Gasteiger partial charge in [-0.3, -0.25) is 9.59 Å². The fourth-order valence-electron chi connectivity index (χ4n) is 2.89. The summed E-state index contributed by atoms with van der Waals surface area (Å²) in [6.07, 6.45) is 2.95. The molecule has 1 aliphatic rings. The molecule has 0 N–H and O–H groups in total. The van der Waals surface area contributed by atoms with E-state index in [1.165, 1.54) is 6.07 Å². The first-order chi connectivity index (χ1) is 11.1. The lowest BCUT2D eigenvalue weighted by Crippen LogP contribution is -2.37. The van der Waals surface area contributed by atoms with E-state index in [1.807, 2.05) is 11.8 Å². The highest BCUT2D eigenvalue weighted by atomic mass is 19.1. The standard InChI is InChI=1S/C18H25FN2O2/c1-2-6-17(22)20-11-5-12-21(14-13-20)18(23)10-9-15-7-3-4-8-16(15)19/h3-4,7-8H,2,5-6,9-14H2,1H3. The third-order valence-corrected chi connectivity index (χ3v) is 4.23. The molecule has 0 radical (unpaired) electrons. The summed E-state index contributed by atoms with van der Waals surface area (Å²) in [5.74, 6) is -0.0429. The van der Waals surface area contributed by atoms with Gasteiger partial charge in [-0.05, 0) is 30.9 Å². The summed E-state index contributed by atoms with van der Waals surface area (Å²) >= 11 is 0. The average Bonchev–Trinajstić information content (AvgIpc) is 2.80. The van der Waals surface area contributed by atoms with Gasteiger partial charge in [-0.2, -0.15) is 0 Å². The molecule has 1 saturated heterocycles. The first-order valence-electron chi connectivity index (χ1n) is 8.40. The summed E-state index contributed by atoms with van der Waals surface area (Å²) in [4.78, 5) is 28.0. The van der Waals surface area contributed by atoms with Crippen LogP contribution < -0.4 is 0 Å². The van der Waals surface area contributed by atoms with Crippen molar-refractivity contribution >= 4 is 11.8 Å². The van der Waals surface area contributed by atoms with Crippen LogP contribution >= 0.6 is 0 Å². The normalized spacial score (nSPS) is 15.4. The topological polar surface area (TPSA) is 40.6 Å². The van der Waals surface area contributed by atoms with Crippen molar-refractivity contribution in [3.63, 3.8) is 0 Å². The number of aryl methyl sites for hydroxylation is 1. The van der Waals surface area contributed by atoms with Crippen molar-refractivity contribution in [3.8, 4) is 0 Å². The molecule has 126 valence electrons. The van der Waals surface area contributed by atoms with Crippen molar-refractivity contribution in [1.82, 2.24) is 9.80 Å². The molecule has 1 aromatic rings. The number of nitrogens with zero attached hydrogens (tertiary/aromatic N) is 2. The Morgan fingerprint density at radius 1 is 1.00 bits per heavy atom. The van der Waals surface area contributed by atoms with Crippen molar-refractivity contribution in [2.24, 2.45) is 0 Å². The van der Waals surface area contributed by atoms with Gasteiger partial charge >= 0.3 is 0 Å². The summed E-state index contributed by atoms with van der Waals surface area (Å²) in [5, 5.41) is 0. The van der Waals surface area contributed by atoms with Gasteiger partial charge in [-0.15, -0.1) is 0 Å². The Balaban J connectivity index is 1.83. The van der Waals surface area contributed by atoms with E-state index < -0.39 is 0 Å². The summed E-state index contributed by atoms with van der Waals surface area (Å²) in [7, 11) is 0. The van der Waals surface area contributed by atoms with Crippen LogP contribution in [0.25, 0.3) is 0 Å². The van der Waals surface area contributed by atoms with E-state index in [1.54, 1.807) is 23.1 Å². The molecule has 2 amide bonds. The largest absolute Gasteiger partial charge is 0.341 e. The second kappa shape index (κ2) is 8.65. The SMILES string of the molecule is CCCC(=O)N1CCCN(C(=O)CCc2ccccc2F)CC1. The molecule has 1 aromatic carbocycles. The van der Waals surface area contributed by atoms with Crippen LogP contribution in [-0.4, -0.2) is 47.8 Å². The molecule has 0 atom stereocenters. The van der Waals surface area contributed by atoms with E-state index in [0.717, 1.165) is 19.4 Å². The number of hydrogen-bond donors (Lipinski definition) is 0. The predicted molar refractivity (Wildman–Crippen MR) is 87.4 cm³/mol. The molecule has 4 nitrogen and oxygen atoms in total. The third kappa shape index (κ3) is 5.05. The molecule has 0 bridgehead atoms. The first kappa shape index (κ1) is 17.4. The lowest BCUT2D eigenvalue weighted by Gasteiger charge is -2.22. The van der Waals surface area contributed by atoms with E-state index in [2.05, 4.69) is 0 Å². The highest BCUT2D eigenvalue weighted by Crippen LogP contribution is 2.12. The highest BCUT2D eigenvalue weighted by Gasteiger charge is 2.21. The zero-order valence-electron chi connectivity index (χ0n) is 13.8. The Kier molecular flexibility index (Phi) is 6.56. The van der Waals surface area contributed by atoms with Crippen LogP contribution in [0.2, 0.25) is 0 Å². The molecule has 0 aromatic heterocycles. The third-order valence-electron chi connectivity index (χ3n) is 4.23. The zero-order valence-corrected chi connectivity index (χ0v) is 13.8. The molecule has 5 heteroatoms. The summed E-state index contributed by atoms with van der Waals surface area (Å²) < 4.78 is 13.6. The molecule has 0 aliphatic carbocycles. The van der Waals surface area contributed by atoms with Gasteiger partial charge in [0.2, 0.25) is 11.8 Å². The van der Waals surface area contributed by atoms with Crippen LogP contribution in [0.1, 0.15) is 38.2 Å². The molecular formula is C18H25FN2O2. The monoisotopic (exact) mass is 320 g/mol. The molecule has 0 spiro atoms. The minimum Gasteiger partial charge on any atom is -0.341 e. The number of carbonyl (C=O) groups is 2. The fourth-order valence-corrected chi connectivity index (χ4v) is 2.89. The number of rotatable bonds is 5. The van der Waals surface area contributed by atoms with E-state index in [-0.39, 0.29) is 17.6 Å². The highest BCUT2D eigenvalue weighted by molar-refractivity contribution is 5.78. The van der Waals surface area contributed by atoms with E-state index in [0.29, 0.717) is 44.5 Å². The minimum absolute atomic E-state index is 0.0399.